The summed E-state index contributed by atoms with van der Waals surface area (Å²) in [5, 5.41) is 14.0. The van der Waals surface area contributed by atoms with Gasteiger partial charge in [0.05, 0.1) is 11.1 Å². The number of hydrogen-bond acceptors (Lipinski definition) is 5. The van der Waals surface area contributed by atoms with Crippen molar-refractivity contribution >= 4 is 40.5 Å². The molecule has 1 fully saturated rings. The Bertz CT molecular complexity index is 1150. The Hall–Kier alpha value is -3.46. The third kappa shape index (κ3) is 4.41. The molecule has 10 heteroatoms. The van der Waals surface area contributed by atoms with Crippen molar-refractivity contribution in [3.05, 3.63) is 65.4 Å². The summed E-state index contributed by atoms with van der Waals surface area (Å²) in [6.45, 7) is 0. The number of fused-ring (bicyclic) bond motifs is 2. The van der Waals surface area contributed by atoms with Crippen LogP contribution in [-0.2, 0) is 10.2 Å². The molecule has 1 aliphatic heterocycles. The maximum atomic E-state index is 12.9. The van der Waals surface area contributed by atoms with Crippen LogP contribution in [0.5, 0.6) is 5.75 Å². The standard InChI is InChI=1S/C23H21ClF2N4O3/c24-23(25,26)33-15-5-3-14(4-6-15)29-20(31)13-11-16(17(28)7-10-27)19-18(12-13)30-21(32)22(19)8-1-2-9-22/h3-7,10-12,28H,1-2,8-9,27H2,(H,29,31)(H,30,32). The summed E-state index contributed by atoms with van der Waals surface area (Å²) in [5.41, 5.74) is 3.30. The number of carbonyl (C=O) groups excluding carboxylic acids is 2. The van der Waals surface area contributed by atoms with Gasteiger partial charge in [0, 0.05) is 39.7 Å². The average molecular weight is 475 g/mol. The zero-order chi connectivity index (χ0) is 23.8. The number of alkyl halides is 3. The van der Waals surface area contributed by atoms with E-state index in [4.69, 9.17) is 22.7 Å². The molecule has 0 aromatic heterocycles. The lowest BCUT2D eigenvalue weighted by Crippen LogP contribution is -2.32. The van der Waals surface area contributed by atoms with E-state index in [9.17, 15) is 18.4 Å². The Morgan fingerprint density at radius 1 is 1.24 bits per heavy atom. The van der Waals surface area contributed by atoms with E-state index in [2.05, 4.69) is 15.4 Å². The Balaban J connectivity index is 1.66. The van der Waals surface area contributed by atoms with Gasteiger partial charge in [0.25, 0.3) is 5.91 Å². The highest BCUT2D eigenvalue weighted by atomic mass is 35.5. The van der Waals surface area contributed by atoms with Crippen molar-refractivity contribution in [1.82, 2.24) is 0 Å². The van der Waals surface area contributed by atoms with Gasteiger partial charge in [0.2, 0.25) is 5.91 Å². The first kappa shape index (κ1) is 22.7. The number of carbonyl (C=O) groups is 2. The first-order valence-corrected chi connectivity index (χ1v) is 10.6. The number of amides is 2. The molecule has 0 unspecified atom stereocenters. The molecule has 1 spiro atoms. The fourth-order valence-electron chi connectivity index (χ4n) is 4.54. The smallest absolute Gasteiger partial charge is 0.420 e. The molecule has 1 aliphatic carbocycles. The summed E-state index contributed by atoms with van der Waals surface area (Å²) in [6, 6.07) is 8.42. The number of halogens is 3. The minimum Gasteiger partial charge on any atom is -0.420 e. The van der Waals surface area contributed by atoms with Gasteiger partial charge < -0.3 is 26.5 Å². The van der Waals surface area contributed by atoms with E-state index in [0.717, 1.165) is 18.4 Å². The van der Waals surface area contributed by atoms with E-state index < -0.39 is 16.9 Å². The summed E-state index contributed by atoms with van der Waals surface area (Å²) in [7, 11) is 0. The van der Waals surface area contributed by atoms with Crippen LogP contribution in [0.25, 0.3) is 0 Å². The Labute approximate surface area is 193 Å². The van der Waals surface area contributed by atoms with Crippen molar-refractivity contribution in [2.75, 3.05) is 10.6 Å². The van der Waals surface area contributed by atoms with E-state index in [1.54, 1.807) is 12.1 Å². The maximum absolute atomic E-state index is 12.9. The Morgan fingerprint density at radius 3 is 2.52 bits per heavy atom. The molecule has 7 nitrogen and oxygen atoms in total. The molecule has 1 saturated carbocycles. The van der Waals surface area contributed by atoms with Gasteiger partial charge in [-0.05, 0) is 61.5 Å². The van der Waals surface area contributed by atoms with Gasteiger partial charge in [-0.25, -0.2) is 0 Å². The highest BCUT2D eigenvalue weighted by Crippen LogP contribution is 2.50. The molecular formula is C23H21ClF2N4O3. The minimum atomic E-state index is -3.84. The van der Waals surface area contributed by atoms with Gasteiger partial charge in [0.1, 0.15) is 5.75 Å². The zero-order valence-corrected chi connectivity index (χ0v) is 18.1. The molecule has 2 amide bonds. The summed E-state index contributed by atoms with van der Waals surface area (Å²) in [6.07, 6.45) is 5.82. The van der Waals surface area contributed by atoms with Crippen molar-refractivity contribution in [2.45, 2.75) is 36.7 Å². The van der Waals surface area contributed by atoms with E-state index in [0.29, 0.717) is 29.8 Å². The normalized spacial score (nSPS) is 16.6. The number of nitrogens with one attached hydrogen (secondary N) is 3. The van der Waals surface area contributed by atoms with Crippen LogP contribution >= 0.6 is 11.6 Å². The first-order valence-electron chi connectivity index (χ1n) is 10.3. The number of rotatable bonds is 6. The topological polar surface area (TPSA) is 117 Å². The largest absolute Gasteiger partial charge is 0.487 e. The zero-order valence-electron chi connectivity index (χ0n) is 17.4. The predicted octanol–water partition coefficient (Wildman–Crippen LogP) is 4.71. The highest BCUT2D eigenvalue weighted by Gasteiger charge is 2.50. The van der Waals surface area contributed by atoms with Crippen molar-refractivity contribution in [3.8, 4) is 5.75 Å². The van der Waals surface area contributed by atoms with Crippen LogP contribution in [0.15, 0.2) is 48.7 Å². The molecule has 0 bridgehead atoms. The number of nitrogens with two attached hydrogens (primary N) is 1. The molecule has 33 heavy (non-hydrogen) atoms. The van der Waals surface area contributed by atoms with Gasteiger partial charge in [-0.15, -0.1) is 8.78 Å². The summed E-state index contributed by atoms with van der Waals surface area (Å²) >= 11 is 4.75. The summed E-state index contributed by atoms with van der Waals surface area (Å²) in [5.74, 6) is -0.786. The average Bonchev–Trinajstić information content (AvgIpc) is 3.34. The van der Waals surface area contributed by atoms with Crippen molar-refractivity contribution in [1.29, 1.82) is 5.41 Å². The lowest BCUT2D eigenvalue weighted by atomic mass is 9.76. The molecule has 0 atom stereocenters. The van der Waals surface area contributed by atoms with Crippen LogP contribution in [0.2, 0.25) is 0 Å². The van der Waals surface area contributed by atoms with Gasteiger partial charge in [-0.1, -0.05) is 12.8 Å². The molecule has 1 heterocycles. The van der Waals surface area contributed by atoms with E-state index in [-0.39, 0.29) is 22.9 Å². The molecule has 2 aromatic carbocycles. The van der Waals surface area contributed by atoms with Crippen LogP contribution in [0, 0.1) is 5.41 Å². The molecule has 2 aliphatic rings. The van der Waals surface area contributed by atoms with Gasteiger partial charge >= 0.3 is 5.57 Å². The first-order chi connectivity index (χ1) is 15.6. The quantitative estimate of drug-likeness (QED) is 0.358. The second-order valence-electron chi connectivity index (χ2n) is 7.99. The van der Waals surface area contributed by atoms with Crippen LogP contribution in [0.3, 0.4) is 0 Å². The summed E-state index contributed by atoms with van der Waals surface area (Å²) in [4.78, 5) is 25.8. The second kappa shape index (κ2) is 8.47. The SMILES string of the molecule is N=C(C=CN)c1cc(C(=O)Nc2ccc(OC(F)(F)Cl)cc2)cc2c1C1(CCCC1)C(=O)N2. The fraction of sp³-hybridized carbons (Fsp3) is 0.261. The Kier molecular flexibility index (Phi) is 5.84. The van der Waals surface area contributed by atoms with Crippen LogP contribution in [0.1, 0.15) is 47.2 Å². The summed E-state index contributed by atoms with van der Waals surface area (Å²) < 4.78 is 29.8. The van der Waals surface area contributed by atoms with Crippen LogP contribution < -0.4 is 21.1 Å². The monoisotopic (exact) mass is 474 g/mol. The lowest BCUT2D eigenvalue weighted by Gasteiger charge is -2.23. The van der Waals surface area contributed by atoms with Crippen molar-refractivity contribution < 1.29 is 23.1 Å². The van der Waals surface area contributed by atoms with E-state index >= 15 is 0 Å². The van der Waals surface area contributed by atoms with E-state index in [1.807, 2.05) is 0 Å². The third-order valence-electron chi connectivity index (χ3n) is 5.92. The number of anilines is 2. The molecule has 0 saturated heterocycles. The highest BCUT2D eigenvalue weighted by molar-refractivity contribution is 6.20. The van der Waals surface area contributed by atoms with Gasteiger partial charge in [-0.3, -0.25) is 9.59 Å². The molecule has 172 valence electrons. The Morgan fingerprint density at radius 2 is 1.91 bits per heavy atom. The van der Waals surface area contributed by atoms with Crippen LogP contribution in [-0.4, -0.2) is 23.1 Å². The number of allylic oxidation sites excluding steroid dienone is 1. The van der Waals surface area contributed by atoms with Gasteiger partial charge in [0.15, 0.2) is 0 Å². The maximum Gasteiger partial charge on any atom is 0.487 e. The van der Waals surface area contributed by atoms with Crippen LogP contribution in [0.4, 0.5) is 20.2 Å². The van der Waals surface area contributed by atoms with Crippen molar-refractivity contribution in [3.63, 3.8) is 0 Å². The number of hydrogen-bond donors (Lipinski definition) is 4. The molecule has 4 rings (SSSR count). The number of ether oxygens (including phenoxy) is 1. The van der Waals surface area contributed by atoms with Crippen molar-refractivity contribution in [2.24, 2.45) is 5.73 Å². The molecular weight excluding hydrogens is 454 g/mol. The molecule has 2 aromatic rings. The molecule has 0 radical (unpaired) electrons. The van der Waals surface area contributed by atoms with Gasteiger partial charge in [-0.2, -0.15) is 0 Å². The fourth-order valence-corrected chi connectivity index (χ4v) is 4.63. The second-order valence-corrected chi connectivity index (χ2v) is 8.43. The lowest BCUT2D eigenvalue weighted by molar-refractivity contribution is -0.120. The molecule has 5 N–H and O–H groups in total. The predicted molar refractivity (Wildman–Crippen MR) is 121 cm³/mol. The van der Waals surface area contributed by atoms with E-state index in [1.165, 1.54) is 36.5 Å². The third-order valence-corrected chi connectivity index (χ3v) is 6.00. The number of benzene rings is 2. The minimum absolute atomic E-state index is 0.0923.